The largest absolute Gasteiger partial charge is 0.319 e. The molecule has 45 heavy (non-hydrogen) atoms. The maximum Gasteiger partial charge on any atom is 0.188 e. The molecule has 0 aliphatic heterocycles. The molecule has 0 aliphatic rings. The number of aryl methyl sites for hydroxylation is 1. The number of benzene rings is 5. The summed E-state index contributed by atoms with van der Waals surface area (Å²) in [5, 5.41) is 2.35. The van der Waals surface area contributed by atoms with Crippen molar-refractivity contribution in [3.05, 3.63) is 157 Å². The molecule has 0 aliphatic carbocycles. The zero-order valence-electron chi connectivity index (χ0n) is 25.3. The fourth-order valence-corrected chi connectivity index (χ4v) is 6.41. The number of fused-ring (bicyclic) bond motifs is 4. The Morgan fingerprint density at radius 1 is 0.644 bits per heavy atom. The molecule has 0 radical (unpaired) electrons. The monoisotopic (exact) mass is 762 g/mol. The molecule has 8 aromatic rings. The summed E-state index contributed by atoms with van der Waals surface area (Å²) in [5.41, 5.74) is 9.66. The molecule has 0 amide bonds. The third kappa shape index (κ3) is 4.81. The van der Waals surface area contributed by atoms with Crippen molar-refractivity contribution in [2.45, 2.75) is 19.3 Å². The van der Waals surface area contributed by atoms with Crippen molar-refractivity contribution in [2.75, 3.05) is 0 Å². The van der Waals surface area contributed by atoms with Gasteiger partial charge in [0, 0.05) is 57.6 Å². The number of pyridine rings is 1. The second kappa shape index (κ2) is 11.3. The van der Waals surface area contributed by atoms with E-state index in [1.807, 2.05) is 12.3 Å². The Kier molecular flexibility index (Phi) is 7.26. The number of para-hydroxylation sites is 3. The van der Waals surface area contributed by atoms with Crippen LogP contribution in [0.1, 0.15) is 25.0 Å². The normalized spacial score (nSPS) is 11.7. The van der Waals surface area contributed by atoms with Crippen molar-refractivity contribution in [1.29, 1.82) is 0 Å². The molecule has 5 aromatic carbocycles. The zero-order valence-corrected chi connectivity index (χ0v) is 27.6. The van der Waals surface area contributed by atoms with Gasteiger partial charge in [0.1, 0.15) is 5.82 Å². The maximum absolute atomic E-state index is 4.86. The number of hydrogen-bond acceptors (Lipinski definition) is 1. The second-order valence-corrected chi connectivity index (χ2v) is 11.9. The molecular formula is C40H31N4Pt-. The van der Waals surface area contributed by atoms with Crippen LogP contribution in [0, 0.1) is 12.1 Å². The van der Waals surface area contributed by atoms with Crippen LogP contribution in [0.15, 0.2) is 134 Å². The van der Waals surface area contributed by atoms with Gasteiger partial charge in [-0.15, -0.1) is 23.1 Å². The van der Waals surface area contributed by atoms with Crippen molar-refractivity contribution in [3.63, 3.8) is 0 Å². The van der Waals surface area contributed by atoms with Gasteiger partial charge in [0.2, 0.25) is 0 Å². The number of imidazole rings is 1. The van der Waals surface area contributed by atoms with Gasteiger partial charge in [-0.2, -0.15) is 35.9 Å². The molecule has 3 aromatic heterocycles. The minimum absolute atomic E-state index is 0. The van der Waals surface area contributed by atoms with E-state index in [4.69, 9.17) is 4.98 Å². The second-order valence-electron chi connectivity index (χ2n) is 11.9. The fourth-order valence-electron chi connectivity index (χ4n) is 6.41. The van der Waals surface area contributed by atoms with Crippen LogP contribution in [0.3, 0.4) is 0 Å². The van der Waals surface area contributed by atoms with Crippen LogP contribution in [0.4, 0.5) is 0 Å². The van der Waals surface area contributed by atoms with Crippen molar-refractivity contribution in [1.82, 2.24) is 18.7 Å². The van der Waals surface area contributed by atoms with Crippen LogP contribution >= 0.6 is 0 Å². The van der Waals surface area contributed by atoms with Gasteiger partial charge in [-0.25, -0.2) is 14.1 Å². The van der Waals surface area contributed by atoms with E-state index in [1.165, 1.54) is 16.5 Å². The standard InChI is InChI=1S/C40H31N4.Pt/c1-40(2,30-14-11-15-32(25-30)43-27-42(3)36-18-9-10-19-37(36)43)31-20-21-34-33-16-7-8-17-35(33)44(38(34)26-31)39-24-29(22-23-41-39)28-12-5-4-6-13-28;/h4-24,27H,1-3H3;/q-1;. The van der Waals surface area contributed by atoms with Crippen molar-refractivity contribution < 1.29 is 21.1 Å². The summed E-state index contributed by atoms with van der Waals surface area (Å²) in [6, 6.07) is 50.2. The molecule has 5 heteroatoms. The average Bonchev–Trinajstić information content (AvgIpc) is 3.59. The molecule has 4 nitrogen and oxygen atoms in total. The van der Waals surface area contributed by atoms with E-state index in [0.717, 1.165) is 50.1 Å². The molecule has 0 saturated carbocycles. The van der Waals surface area contributed by atoms with E-state index in [-0.39, 0.29) is 26.5 Å². The SMILES string of the molecule is Cn1[cH+]n(-c2[c-]c(C(C)(C)c3[c-]c4c(cc3)c3ccccc3n4-c3cc(-c4ccccc4)ccn3)ccc2)c2ccccc21.[Pt]. The van der Waals surface area contributed by atoms with E-state index in [2.05, 4.69) is 168 Å². The summed E-state index contributed by atoms with van der Waals surface area (Å²) >= 11 is 0. The van der Waals surface area contributed by atoms with Crippen LogP contribution in [0.5, 0.6) is 0 Å². The van der Waals surface area contributed by atoms with Gasteiger partial charge in [-0.3, -0.25) is 0 Å². The molecule has 0 atom stereocenters. The van der Waals surface area contributed by atoms with Crippen molar-refractivity contribution >= 4 is 32.8 Å². The third-order valence-corrected chi connectivity index (χ3v) is 8.86. The quantitative estimate of drug-likeness (QED) is 0.161. The van der Waals surface area contributed by atoms with Gasteiger partial charge in [-0.05, 0) is 52.3 Å². The van der Waals surface area contributed by atoms with Gasteiger partial charge in [0.25, 0.3) is 0 Å². The summed E-state index contributed by atoms with van der Waals surface area (Å²) in [4.78, 5) is 4.86. The summed E-state index contributed by atoms with van der Waals surface area (Å²) in [6.45, 7) is 4.52. The Morgan fingerprint density at radius 3 is 2.18 bits per heavy atom. The first-order valence-electron chi connectivity index (χ1n) is 15.0. The van der Waals surface area contributed by atoms with Gasteiger partial charge in [0.05, 0.1) is 0 Å². The first-order chi connectivity index (χ1) is 21.5. The average molecular weight is 763 g/mol. The molecule has 222 valence electrons. The minimum atomic E-state index is -0.351. The molecule has 3 heterocycles. The number of aromatic nitrogens is 4. The molecule has 0 spiro atoms. The van der Waals surface area contributed by atoms with E-state index >= 15 is 0 Å². The maximum atomic E-state index is 4.86. The first kappa shape index (κ1) is 28.9. The number of hydrogen-bond donors (Lipinski definition) is 0. The summed E-state index contributed by atoms with van der Waals surface area (Å²) in [5.74, 6) is 0.879. The summed E-state index contributed by atoms with van der Waals surface area (Å²) in [6.07, 6.45) is 4.03. The Labute approximate surface area is 277 Å². The molecule has 0 saturated heterocycles. The molecule has 0 bridgehead atoms. The van der Waals surface area contributed by atoms with Crippen LogP contribution < -0.4 is 0 Å². The van der Waals surface area contributed by atoms with Crippen LogP contribution in [-0.2, 0) is 33.5 Å². The Morgan fingerprint density at radius 2 is 1.36 bits per heavy atom. The molecule has 8 rings (SSSR count). The van der Waals surface area contributed by atoms with E-state index in [1.54, 1.807) is 0 Å². The summed E-state index contributed by atoms with van der Waals surface area (Å²) < 4.78 is 6.62. The van der Waals surface area contributed by atoms with Gasteiger partial charge in [0.15, 0.2) is 17.4 Å². The Balaban J connectivity index is 0.00000325. The van der Waals surface area contributed by atoms with Gasteiger partial charge in [-0.1, -0.05) is 67.9 Å². The van der Waals surface area contributed by atoms with Crippen LogP contribution in [0.25, 0.3) is 55.5 Å². The summed E-state index contributed by atoms with van der Waals surface area (Å²) in [7, 11) is 2.08. The van der Waals surface area contributed by atoms with Gasteiger partial charge >= 0.3 is 0 Å². The van der Waals surface area contributed by atoms with E-state index in [9.17, 15) is 0 Å². The Bertz CT molecular complexity index is 2330. The predicted octanol–water partition coefficient (Wildman–Crippen LogP) is 9.33. The molecular weight excluding hydrogens is 732 g/mol. The number of rotatable bonds is 5. The van der Waals surface area contributed by atoms with E-state index in [0.29, 0.717) is 0 Å². The van der Waals surface area contributed by atoms with Crippen LogP contribution in [-0.4, -0.2) is 18.7 Å². The molecule has 0 N–H and O–H groups in total. The topological polar surface area (TPSA) is 27.7 Å². The zero-order chi connectivity index (χ0) is 29.8. The first-order valence-corrected chi connectivity index (χ1v) is 15.0. The number of nitrogens with zero attached hydrogens (tertiary/aromatic N) is 4. The van der Waals surface area contributed by atoms with Crippen molar-refractivity contribution in [3.8, 4) is 22.6 Å². The third-order valence-electron chi connectivity index (χ3n) is 8.86. The predicted molar refractivity (Wildman–Crippen MR) is 180 cm³/mol. The van der Waals surface area contributed by atoms with Crippen LogP contribution in [0.2, 0.25) is 0 Å². The smallest absolute Gasteiger partial charge is 0.188 e. The molecule has 0 fully saturated rings. The van der Waals surface area contributed by atoms with E-state index < -0.39 is 0 Å². The minimum Gasteiger partial charge on any atom is -0.319 e. The van der Waals surface area contributed by atoms with Gasteiger partial charge < -0.3 is 4.57 Å². The van der Waals surface area contributed by atoms with Crippen molar-refractivity contribution in [2.24, 2.45) is 7.05 Å². The molecule has 0 unspecified atom stereocenters. The fraction of sp³-hybridized carbons (Fsp3) is 0.100. The Hall–Kier alpha value is -4.79.